The predicted molar refractivity (Wildman–Crippen MR) is 135 cm³/mol. The van der Waals surface area contributed by atoms with E-state index in [0.717, 1.165) is 50.0 Å². The lowest BCUT2D eigenvalue weighted by molar-refractivity contribution is -0.123. The highest BCUT2D eigenvalue weighted by Crippen LogP contribution is 2.35. The SMILES string of the molecule is Cc1ccc(CN2C(=O)S/C(=C\c3cc(C)n(-c4cc(C)c(Br)c(C)c4)c3C)C2=O)cc1. The molecule has 0 atom stereocenters. The monoisotopic (exact) mass is 508 g/mol. The number of amides is 2. The number of halogens is 1. The van der Waals surface area contributed by atoms with Gasteiger partial charge in [0.15, 0.2) is 0 Å². The minimum absolute atomic E-state index is 0.227. The van der Waals surface area contributed by atoms with Crippen molar-refractivity contribution in [3.63, 3.8) is 0 Å². The van der Waals surface area contributed by atoms with Crippen LogP contribution in [0.3, 0.4) is 0 Å². The van der Waals surface area contributed by atoms with Crippen LogP contribution in [0.2, 0.25) is 0 Å². The van der Waals surface area contributed by atoms with Gasteiger partial charge >= 0.3 is 0 Å². The van der Waals surface area contributed by atoms with E-state index < -0.39 is 0 Å². The number of hydrogen-bond acceptors (Lipinski definition) is 3. The first-order chi connectivity index (χ1) is 15.2. The van der Waals surface area contributed by atoms with Crippen LogP contribution in [0.4, 0.5) is 4.79 Å². The molecule has 0 N–H and O–H groups in total. The Labute approximate surface area is 201 Å². The van der Waals surface area contributed by atoms with Crippen LogP contribution in [0, 0.1) is 34.6 Å². The molecule has 2 heterocycles. The molecule has 32 heavy (non-hydrogen) atoms. The molecule has 164 valence electrons. The number of rotatable bonds is 4. The molecule has 0 bridgehead atoms. The molecule has 4 nitrogen and oxygen atoms in total. The Balaban J connectivity index is 1.65. The van der Waals surface area contributed by atoms with Gasteiger partial charge in [-0.2, -0.15) is 0 Å². The molecular formula is C26H25BrN2O2S. The Morgan fingerprint density at radius 2 is 1.56 bits per heavy atom. The third-order valence-corrected chi connectivity index (χ3v) is 7.93. The number of carbonyl (C=O) groups excluding carboxylic acids is 2. The van der Waals surface area contributed by atoms with Crippen molar-refractivity contribution in [2.75, 3.05) is 0 Å². The number of carbonyl (C=O) groups is 2. The first-order valence-electron chi connectivity index (χ1n) is 10.4. The van der Waals surface area contributed by atoms with Gasteiger partial charge in [-0.25, -0.2) is 0 Å². The molecule has 0 radical (unpaired) electrons. The van der Waals surface area contributed by atoms with Crippen molar-refractivity contribution < 1.29 is 9.59 Å². The molecule has 1 aliphatic rings. The molecule has 1 aromatic heterocycles. The molecule has 2 amide bonds. The predicted octanol–water partition coefficient (Wildman–Crippen LogP) is 7.02. The van der Waals surface area contributed by atoms with Crippen molar-refractivity contribution in [2.24, 2.45) is 0 Å². The average Bonchev–Trinajstić information content (AvgIpc) is 3.16. The Hall–Kier alpha value is -2.57. The number of imide groups is 1. The van der Waals surface area contributed by atoms with Crippen LogP contribution in [-0.4, -0.2) is 20.6 Å². The quantitative estimate of drug-likeness (QED) is 0.355. The lowest BCUT2D eigenvalue weighted by Crippen LogP contribution is -2.27. The molecular weight excluding hydrogens is 484 g/mol. The number of hydrogen-bond donors (Lipinski definition) is 0. The highest BCUT2D eigenvalue weighted by molar-refractivity contribution is 9.10. The maximum Gasteiger partial charge on any atom is 0.293 e. The second-order valence-electron chi connectivity index (χ2n) is 8.31. The van der Waals surface area contributed by atoms with Crippen molar-refractivity contribution in [3.8, 4) is 5.69 Å². The van der Waals surface area contributed by atoms with Gasteiger partial charge in [0.1, 0.15) is 0 Å². The van der Waals surface area contributed by atoms with Crippen molar-refractivity contribution >= 4 is 44.9 Å². The molecule has 1 saturated heterocycles. The fraction of sp³-hybridized carbons (Fsp3) is 0.231. The fourth-order valence-corrected chi connectivity index (χ4v) is 5.09. The number of nitrogens with zero attached hydrogens (tertiary/aromatic N) is 2. The summed E-state index contributed by atoms with van der Waals surface area (Å²) in [6.45, 7) is 10.6. The van der Waals surface area contributed by atoms with Gasteiger partial charge in [0, 0.05) is 21.5 Å². The van der Waals surface area contributed by atoms with Gasteiger partial charge in [-0.15, -0.1) is 0 Å². The Bertz CT molecular complexity index is 1250. The number of benzene rings is 2. The topological polar surface area (TPSA) is 42.3 Å². The van der Waals surface area contributed by atoms with E-state index in [2.05, 4.69) is 59.5 Å². The highest BCUT2D eigenvalue weighted by atomic mass is 79.9. The zero-order chi connectivity index (χ0) is 23.2. The Kier molecular flexibility index (Phi) is 6.19. The standard InChI is InChI=1S/C26H25BrN2O2S/c1-15-6-8-20(9-7-15)14-28-25(30)23(32-26(28)31)13-21-12-18(4)29(19(21)5)22-10-16(2)24(27)17(3)11-22/h6-13H,14H2,1-5H3/b23-13-. The van der Waals surface area contributed by atoms with Crippen LogP contribution in [-0.2, 0) is 11.3 Å². The van der Waals surface area contributed by atoms with E-state index in [-0.39, 0.29) is 11.1 Å². The zero-order valence-corrected chi connectivity index (χ0v) is 21.2. The maximum atomic E-state index is 13.0. The van der Waals surface area contributed by atoms with E-state index in [1.165, 1.54) is 16.0 Å². The first-order valence-corrected chi connectivity index (χ1v) is 12.0. The van der Waals surface area contributed by atoms with Crippen LogP contribution in [0.15, 0.2) is 51.8 Å². The summed E-state index contributed by atoms with van der Waals surface area (Å²) in [6.07, 6.45) is 1.84. The molecule has 4 rings (SSSR count). The number of thioether (sulfide) groups is 1. The maximum absolute atomic E-state index is 13.0. The van der Waals surface area contributed by atoms with E-state index in [4.69, 9.17) is 0 Å². The Morgan fingerprint density at radius 1 is 0.938 bits per heavy atom. The summed E-state index contributed by atoms with van der Waals surface area (Å²) in [5.41, 5.74) is 8.58. The third kappa shape index (κ3) is 4.21. The van der Waals surface area contributed by atoms with Crippen LogP contribution < -0.4 is 0 Å². The van der Waals surface area contributed by atoms with Crippen molar-refractivity contribution in [3.05, 3.63) is 91.0 Å². The minimum atomic E-state index is -0.235. The van der Waals surface area contributed by atoms with Gasteiger partial charge in [0.05, 0.1) is 11.4 Å². The summed E-state index contributed by atoms with van der Waals surface area (Å²) in [6, 6.07) is 14.3. The highest BCUT2D eigenvalue weighted by Gasteiger charge is 2.35. The number of aryl methyl sites for hydroxylation is 4. The van der Waals surface area contributed by atoms with Crippen LogP contribution in [0.5, 0.6) is 0 Å². The number of aromatic nitrogens is 1. The van der Waals surface area contributed by atoms with E-state index in [0.29, 0.717) is 11.4 Å². The molecule has 3 aromatic rings. The second kappa shape index (κ2) is 8.75. The molecule has 1 aliphatic heterocycles. The fourth-order valence-electron chi connectivity index (χ4n) is 4.04. The lowest BCUT2D eigenvalue weighted by atomic mass is 10.1. The van der Waals surface area contributed by atoms with Gasteiger partial charge in [-0.3, -0.25) is 14.5 Å². The molecule has 2 aromatic carbocycles. The summed E-state index contributed by atoms with van der Waals surface area (Å²) in [5, 5.41) is -0.227. The van der Waals surface area contributed by atoms with Crippen molar-refractivity contribution in [2.45, 2.75) is 41.2 Å². The van der Waals surface area contributed by atoms with E-state index >= 15 is 0 Å². The summed E-state index contributed by atoms with van der Waals surface area (Å²) in [4.78, 5) is 27.3. The molecule has 0 aliphatic carbocycles. The van der Waals surface area contributed by atoms with E-state index in [1.807, 2.05) is 44.2 Å². The van der Waals surface area contributed by atoms with Gasteiger partial charge in [-0.1, -0.05) is 45.8 Å². The van der Waals surface area contributed by atoms with Crippen molar-refractivity contribution in [1.82, 2.24) is 9.47 Å². The molecule has 1 fully saturated rings. The van der Waals surface area contributed by atoms with Gasteiger partial charge in [0.25, 0.3) is 11.1 Å². The molecule has 6 heteroatoms. The normalized spacial score (nSPS) is 15.3. The molecule has 0 unspecified atom stereocenters. The second-order valence-corrected chi connectivity index (χ2v) is 10.1. The Morgan fingerprint density at radius 3 is 2.19 bits per heavy atom. The van der Waals surface area contributed by atoms with Gasteiger partial charge < -0.3 is 4.57 Å². The van der Waals surface area contributed by atoms with Crippen molar-refractivity contribution in [1.29, 1.82) is 0 Å². The first kappa shape index (κ1) is 22.6. The van der Waals surface area contributed by atoms with E-state index in [9.17, 15) is 9.59 Å². The summed E-state index contributed by atoms with van der Waals surface area (Å²) < 4.78 is 3.31. The largest absolute Gasteiger partial charge is 0.318 e. The van der Waals surface area contributed by atoms with Crippen LogP contribution in [0.25, 0.3) is 11.8 Å². The minimum Gasteiger partial charge on any atom is -0.318 e. The smallest absolute Gasteiger partial charge is 0.293 e. The molecule has 0 spiro atoms. The molecule has 0 saturated carbocycles. The zero-order valence-electron chi connectivity index (χ0n) is 18.8. The van der Waals surface area contributed by atoms with Gasteiger partial charge in [0.2, 0.25) is 0 Å². The van der Waals surface area contributed by atoms with Gasteiger partial charge in [-0.05, 0) is 92.9 Å². The van der Waals surface area contributed by atoms with E-state index in [1.54, 1.807) is 0 Å². The van der Waals surface area contributed by atoms with Crippen LogP contribution in [0.1, 0.15) is 39.2 Å². The lowest BCUT2D eigenvalue weighted by Gasteiger charge is -2.13. The third-order valence-electron chi connectivity index (χ3n) is 5.77. The summed E-state index contributed by atoms with van der Waals surface area (Å²) in [7, 11) is 0. The summed E-state index contributed by atoms with van der Waals surface area (Å²) in [5.74, 6) is -0.235. The average molecular weight is 509 g/mol. The summed E-state index contributed by atoms with van der Waals surface area (Å²) >= 11 is 4.64. The van der Waals surface area contributed by atoms with Crippen LogP contribution >= 0.6 is 27.7 Å².